The first-order valence-corrected chi connectivity index (χ1v) is 12.4. The van der Waals surface area contributed by atoms with Crippen LogP contribution in [0, 0.1) is 27.7 Å². The fourth-order valence-electron chi connectivity index (χ4n) is 4.14. The van der Waals surface area contributed by atoms with E-state index in [1.54, 1.807) is 21.0 Å². The van der Waals surface area contributed by atoms with Crippen LogP contribution in [0.25, 0.3) is 0 Å². The number of carbonyl (C=O) groups excluding carboxylic acids is 1. The highest BCUT2D eigenvalue weighted by Gasteiger charge is 2.23. The third kappa shape index (κ3) is 5.49. The van der Waals surface area contributed by atoms with Crippen LogP contribution in [0.3, 0.4) is 0 Å². The van der Waals surface area contributed by atoms with Crippen molar-refractivity contribution in [2.75, 3.05) is 37.0 Å². The van der Waals surface area contributed by atoms with E-state index in [0.29, 0.717) is 16.8 Å². The summed E-state index contributed by atoms with van der Waals surface area (Å²) in [5.74, 6) is -0.418. The third-order valence-corrected chi connectivity index (χ3v) is 7.89. The van der Waals surface area contributed by atoms with Gasteiger partial charge in [0.15, 0.2) is 0 Å². The number of carbonyl (C=O) groups is 1. The molecule has 1 aliphatic heterocycles. The predicted octanol–water partition coefficient (Wildman–Crippen LogP) is 3.45. The van der Waals surface area contributed by atoms with E-state index in [0.717, 1.165) is 42.7 Å². The van der Waals surface area contributed by atoms with Crippen LogP contribution in [-0.2, 0) is 19.6 Å². The highest BCUT2D eigenvalue weighted by molar-refractivity contribution is 7.89. The van der Waals surface area contributed by atoms with E-state index >= 15 is 0 Å². The van der Waals surface area contributed by atoms with Gasteiger partial charge in [-0.2, -0.15) is 0 Å². The van der Waals surface area contributed by atoms with Crippen LogP contribution in [-0.4, -0.2) is 47.2 Å². The highest BCUT2D eigenvalue weighted by Crippen LogP contribution is 2.26. The summed E-state index contributed by atoms with van der Waals surface area (Å²) in [5.41, 5.74) is 4.91. The second-order valence-electron chi connectivity index (χ2n) is 8.46. The molecule has 7 nitrogen and oxygen atoms in total. The van der Waals surface area contributed by atoms with Crippen LogP contribution in [0.1, 0.15) is 35.1 Å². The molecule has 8 heteroatoms. The molecule has 3 rings (SSSR count). The zero-order chi connectivity index (χ0) is 23.5. The summed E-state index contributed by atoms with van der Waals surface area (Å²) >= 11 is 0. The molecule has 1 aliphatic rings. The van der Waals surface area contributed by atoms with Crippen LogP contribution < -0.4 is 14.9 Å². The Bertz CT molecular complexity index is 1060. The quantitative estimate of drug-likeness (QED) is 0.662. The van der Waals surface area contributed by atoms with Crippen molar-refractivity contribution in [2.45, 2.75) is 51.5 Å². The van der Waals surface area contributed by atoms with Crippen molar-refractivity contribution in [3.05, 3.63) is 52.6 Å². The minimum Gasteiger partial charge on any atom is -0.380 e. The number of hydrogen-bond acceptors (Lipinski definition) is 5. The Morgan fingerprint density at radius 3 is 2.31 bits per heavy atom. The monoisotopic (exact) mass is 459 g/mol. The van der Waals surface area contributed by atoms with E-state index in [4.69, 9.17) is 4.74 Å². The summed E-state index contributed by atoms with van der Waals surface area (Å²) in [6, 6.07) is 9.55. The number of nitrogens with one attached hydrogen (secondary N) is 2. The molecule has 1 heterocycles. The van der Waals surface area contributed by atoms with E-state index in [2.05, 4.69) is 14.9 Å². The maximum Gasteiger partial charge on any atom is 0.241 e. The lowest BCUT2D eigenvalue weighted by Gasteiger charge is -2.33. The second-order valence-corrected chi connectivity index (χ2v) is 10.2. The molecule has 1 saturated heterocycles. The number of piperidine rings is 1. The largest absolute Gasteiger partial charge is 0.380 e. The van der Waals surface area contributed by atoms with Gasteiger partial charge >= 0.3 is 0 Å². The molecule has 0 radical (unpaired) electrons. The van der Waals surface area contributed by atoms with Crippen LogP contribution in [0.4, 0.5) is 11.4 Å². The highest BCUT2D eigenvalue weighted by atomic mass is 32.2. The van der Waals surface area contributed by atoms with Crippen molar-refractivity contribution in [2.24, 2.45) is 0 Å². The van der Waals surface area contributed by atoms with E-state index < -0.39 is 15.9 Å². The lowest BCUT2D eigenvalue weighted by Crippen LogP contribution is -2.39. The first-order valence-electron chi connectivity index (χ1n) is 10.9. The van der Waals surface area contributed by atoms with Gasteiger partial charge in [-0.1, -0.05) is 6.07 Å². The Morgan fingerprint density at radius 1 is 1.09 bits per heavy atom. The van der Waals surface area contributed by atoms with E-state index in [9.17, 15) is 13.2 Å². The average Bonchev–Trinajstić information content (AvgIpc) is 2.77. The number of sulfonamides is 1. The maximum atomic E-state index is 12.9. The van der Waals surface area contributed by atoms with Crippen LogP contribution >= 0.6 is 0 Å². The van der Waals surface area contributed by atoms with Gasteiger partial charge in [0.25, 0.3) is 0 Å². The number of rotatable bonds is 7. The zero-order valence-electron chi connectivity index (χ0n) is 19.5. The molecule has 174 valence electrons. The Hall–Kier alpha value is -2.42. The summed E-state index contributed by atoms with van der Waals surface area (Å²) in [6.07, 6.45) is 2.38. The summed E-state index contributed by atoms with van der Waals surface area (Å²) in [7, 11) is -2.07. The molecule has 2 N–H and O–H groups in total. The molecule has 1 amide bonds. The van der Waals surface area contributed by atoms with E-state index in [1.165, 1.54) is 0 Å². The number of aryl methyl sites for hydroxylation is 2. The van der Waals surface area contributed by atoms with Crippen molar-refractivity contribution in [1.29, 1.82) is 0 Å². The normalized spacial score (nSPS) is 16.8. The Morgan fingerprint density at radius 2 is 1.72 bits per heavy atom. The van der Waals surface area contributed by atoms with Crippen molar-refractivity contribution in [3.8, 4) is 0 Å². The smallest absolute Gasteiger partial charge is 0.241 e. The van der Waals surface area contributed by atoms with E-state index in [1.807, 2.05) is 44.2 Å². The van der Waals surface area contributed by atoms with Crippen LogP contribution in [0.2, 0.25) is 0 Å². The van der Waals surface area contributed by atoms with E-state index in [-0.39, 0.29) is 17.5 Å². The number of methoxy groups -OCH3 is 1. The Balaban J connectivity index is 1.62. The first kappa shape index (κ1) is 24.2. The molecule has 0 aliphatic carbocycles. The Kier molecular flexibility index (Phi) is 7.59. The number of nitrogens with zero attached hydrogens (tertiary/aromatic N) is 1. The SMILES string of the molecule is COC1CCCN(c2ccc(NC(=O)CNS(=O)(=O)c3c(C)c(C)cc(C)c3C)cc2)C1. The number of ether oxygens (including phenoxy) is 1. The molecule has 0 saturated carbocycles. The number of hydrogen-bond donors (Lipinski definition) is 2. The number of amides is 1. The van der Waals surface area contributed by atoms with Crippen molar-refractivity contribution in [3.63, 3.8) is 0 Å². The molecule has 1 unspecified atom stereocenters. The Labute approximate surface area is 191 Å². The minimum absolute atomic E-state index is 0.237. The minimum atomic E-state index is -3.81. The molecular formula is C24H33N3O4S. The third-order valence-electron chi connectivity index (χ3n) is 6.22. The average molecular weight is 460 g/mol. The molecule has 1 fully saturated rings. The van der Waals surface area contributed by atoms with Crippen LogP contribution in [0.15, 0.2) is 35.2 Å². The molecular weight excluding hydrogens is 426 g/mol. The molecule has 0 bridgehead atoms. The molecule has 0 aromatic heterocycles. The van der Waals surface area contributed by atoms with Gasteiger partial charge in [0, 0.05) is 31.6 Å². The lowest BCUT2D eigenvalue weighted by molar-refractivity contribution is -0.115. The topological polar surface area (TPSA) is 87.7 Å². The van der Waals surface area contributed by atoms with Crippen molar-refractivity contribution < 1.29 is 17.9 Å². The predicted molar refractivity (Wildman–Crippen MR) is 128 cm³/mol. The lowest BCUT2D eigenvalue weighted by atomic mass is 10.0. The summed E-state index contributed by atoms with van der Waals surface area (Å²) in [6.45, 7) is 8.83. The summed E-state index contributed by atoms with van der Waals surface area (Å²) in [4.78, 5) is 14.9. The van der Waals surface area contributed by atoms with Gasteiger partial charge < -0.3 is 15.0 Å². The second kappa shape index (κ2) is 10.0. The molecule has 32 heavy (non-hydrogen) atoms. The maximum absolute atomic E-state index is 12.9. The standard InChI is InChI=1S/C24H33N3O4S/c1-16-13-17(2)19(4)24(18(16)3)32(29,30)25-14-23(28)26-20-8-10-21(11-9-20)27-12-6-7-22(15-27)31-5/h8-11,13,22,25H,6-7,12,14-15H2,1-5H3,(H,26,28). The number of anilines is 2. The van der Waals surface area contributed by atoms with Gasteiger partial charge in [0.1, 0.15) is 0 Å². The van der Waals surface area contributed by atoms with Crippen LogP contribution in [0.5, 0.6) is 0 Å². The fourth-order valence-corrected chi connectivity index (χ4v) is 5.74. The first-order chi connectivity index (χ1) is 15.1. The molecule has 2 aromatic rings. The van der Waals surface area contributed by atoms with Gasteiger partial charge in [-0.25, -0.2) is 13.1 Å². The fraction of sp³-hybridized carbons (Fsp3) is 0.458. The molecule has 2 aromatic carbocycles. The van der Waals surface area contributed by atoms with Crippen molar-refractivity contribution >= 4 is 27.3 Å². The molecule has 1 atom stereocenters. The number of benzene rings is 2. The zero-order valence-corrected chi connectivity index (χ0v) is 20.3. The summed E-state index contributed by atoms with van der Waals surface area (Å²) in [5, 5.41) is 2.76. The van der Waals surface area contributed by atoms with Gasteiger partial charge in [-0.05, 0) is 87.1 Å². The van der Waals surface area contributed by atoms with Gasteiger partial charge in [0.2, 0.25) is 15.9 Å². The van der Waals surface area contributed by atoms with Crippen molar-refractivity contribution in [1.82, 2.24) is 4.72 Å². The molecule has 0 spiro atoms. The van der Waals surface area contributed by atoms with Gasteiger partial charge in [-0.15, -0.1) is 0 Å². The summed E-state index contributed by atoms with van der Waals surface area (Å²) < 4.78 is 33.7. The van der Waals surface area contributed by atoms with Gasteiger partial charge in [-0.3, -0.25) is 4.79 Å². The van der Waals surface area contributed by atoms with Gasteiger partial charge in [0.05, 0.1) is 17.5 Å².